The van der Waals surface area contributed by atoms with Gasteiger partial charge in [-0.25, -0.2) is 4.98 Å². The van der Waals surface area contributed by atoms with Crippen LogP contribution in [0.25, 0.3) is 11.3 Å². The van der Waals surface area contributed by atoms with Gasteiger partial charge in [-0.1, -0.05) is 63.6 Å². The normalized spacial score (nSPS) is 10.4. The Labute approximate surface area is 172 Å². The van der Waals surface area contributed by atoms with Crippen LogP contribution in [0.4, 0.5) is 0 Å². The summed E-state index contributed by atoms with van der Waals surface area (Å²) in [4.78, 5) is 31.5. The molecule has 0 atom stereocenters. The number of Topliss-reactive ketones (excluding diaryl/α,β-unsaturated/α-hetero) is 1. The number of aromatic nitrogens is 2. The average Bonchev–Trinajstić information content (AvgIpc) is 2.67. The molecule has 0 spiro atoms. The van der Waals surface area contributed by atoms with Crippen LogP contribution in [0.3, 0.4) is 0 Å². The molecular weight excluding hydrogens is 450 g/mol. The van der Waals surface area contributed by atoms with E-state index in [1.165, 1.54) is 0 Å². The number of hydrogen-bond acceptors (Lipinski definition) is 5. The fourth-order valence-corrected chi connectivity index (χ4v) is 3.44. The predicted molar refractivity (Wildman–Crippen MR) is 109 cm³/mol. The number of ketones is 1. The lowest BCUT2D eigenvalue weighted by Gasteiger charge is -2.07. The molecule has 5 nitrogen and oxygen atoms in total. The van der Waals surface area contributed by atoms with Crippen LogP contribution in [0, 0.1) is 11.3 Å². The number of carbonyl (C=O) groups excluding carboxylic acids is 1. The van der Waals surface area contributed by atoms with Crippen molar-refractivity contribution in [2.75, 3.05) is 5.75 Å². The lowest BCUT2D eigenvalue weighted by atomic mass is 10.1. The minimum absolute atomic E-state index is 0.0825. The standard InChI is InChI=1S/C19H11BrClN3O2S/c20-13-5-1-11(2-6-13)16(25)10-27-19-23-17(15(9-22)18(26)24-19)12-3-7-14(21)8-4-12/h1-8H,10H2,(H,23,24,26). The molecule has 0 saturated carbocycles. The highest BCUT2D eigenvalue weighted by Crippen LogP contribution is 2.24. The molecule has 0 unspecified atom stereocenters. The van der Waals surface area contributed by atoms with Gasteiger partial charge in [-0.3, -0.25) is 9.59 Å². The van der Waals surface area contributed by atoms with Crippen LogP contribution in [0.2, 0.25) is 5.02 Å². The Hall–Kier alpha value is -2.40. The Morgan fingerprint density at radius 3 is 2.48 bits per heavy atom. The predicted octanol–water partition coefficient (Wildman–Crippen LogP) is 4.70. The zero-order valence-corrected chi connectivity index (χ0v) is 16.9. The van der Waals surface area contributed by atoms with E-state index < -0.39 is 5.56 Å². The van der Waals surface area contributed by atoms with E-state index in [1.54, 1.807) is 48.5 Å². The van der Waals surface area contributed by atoms with Crippen LogP contribution in [0.1, 0.15) is 15.9 Å². The SMILES string of the molecule is N#Cc1c(-c2ccc(Cl)cc2)nc(SCC(=O)c2ccc(Br)cc2)[nH]c1=O. The van der Waals surface area contributed by atoms with Gasteiger partial charge in [0.2, 0.25) is 0 Å². The van der Waals surface area contributed by atoms with Gasteiger partial charge in [0.1, 0.15) is 11.6 Å². The molecule has 1 heterocycles. The minimum atomic E-state index is -0.545. The number of benzene rings is 2. The van der Waals surface area contributed by atoms with Crippen molar-refractivity contribution in [3.63, 3.8) is 0 Å². The Morgan fingerprint density at radius 2 is 1.85 bits per heavy atom. The Balaban J connectivity index is 1.87. The summed E-state index contributed by atoms with van der Waals surface area (Å²) in [6.07, 6.45) is 0. The van der Waals surface area contributed by atoms with E-state index in [1.807, 2.05) is 6.07 Å². The fraction of sp³-hybridized carbons (Fsp3) is 0.0526. The van der Waals surface area contributed by atoms with Crippen molar-refractivity contribution >= 4 is 45.1 Å². The van der Waals surface area contributed by atoms with Crippen molar-refractivity contribution < 1.29 is 4.79 Å². The smallest absolute Gasteiger partial charge is 0.270 e. The molecule has 0 saturated heterocycles. The van der Waals surface area contributed by atoms with Gasteiger partial charge in [0, 0.05) is 20.6 Å². The third-order valence-electron chi connectivity index (χ3n) is 3.63. The second-order valence-corrected chi connectivity index (χ2v) is 7.75. The molecule has 3 aromatic rings. The van der Waals surface area contributed by atoms with Crippen molar-refractivity contribution in [3.8, 4) is 17.3 Å². The number of nitriles is 1. The van der Waals surface area contributed by atoms with E-state index >= 15 is 0 Å². The zero-order chi connectivity index (χ0) is 19.4. The number of nitrogens with zero attached hydrogens (tertiary/aromatic N) is 2. The van der Waals surface area contributed by atoms with Crippen molar-refractivity contribution in [1.29, 1.82) is 5.26 Å². The van der Waals surface area contributed by atoms with Crippen LogP contribution < -0.4 is 5.56 Å². The molecule has 0 aliphatic carbocycles. The molecule has 0 radical (unpaired) electrons. The lowest BCUT2D eigenvalue weighted by molar-refractivity contribution is 0.102. The second-order valence-electron chi connectivity index (χ2n) is 5.43. The number of rotatable bonds is 5. The van der Waals surface area contributed by atoms with Crippen LogP contribution in [0.15, 0.2) is 63.0 Å². The molecule has 2 aromatic carbocycles. The van der Waals surface area contributed by atoms with Crippen LogP contribution in [-0.2, 0) is 0 Å². The van der Waals surface area contributed by atoms with E-state index in [9.17, 15) is 14.9 Å². The van der Waals surface area contributed by atoms with Crippen molar-refractivity contribution in [2.24, 2.45) is 0 Å². The van der Waals surface area contributed by atoms with E-state index in [4.69, 9.17) is 11.6 Å². The van der Waals surface area contributed by atoms with Gasteiger partial charge in [-0.05, 0) is 24.3 Å². The molecule has 0 aliphatic rings. The summed E-state index contributed by atoms with van der Waals surface area (Å²) >= 11 is 10.3. The first kappa shape index (κ1) is 19.4. The van der Waals surface area contributed by atoms with Gasteiger partial charge in [0.05, 0.1) is 11.4 Å². The maximum atomic E-state index is 12.3. The molecule has 1 aromatic heterocycles. The van der Waals surface area contributed by atoms with E-state index in [-0.39, 0.29) is 27.9 Å². The third kappa shape index (κ3) is 4.66. The van der Waals surface area contributed by atoms with Crippen molar-refractivity contribution in [3.05, 3.63) is 79.5 Å². The number of H-pyrrole nitrogens is 1. The summed E-state index contributed by atoms with van der Waals surface area (Å²) in [6.45, 7) is 0. The third-order valence-corrected chi connectivity index (χ3v) is 5.29. The molecule has 134 valence electrons. The van der Waals surface area contributed by atoms with Crippen molar-refractivity contribution in [2.45, 2.75) is 5.16 Å². The molecule has 8 heteroatoms. The highest BCUT2D eigenvalue weighted by atomic mass is 79.9. The topological polar surface area (TPSA) is 86.6 Å². The quantitative estimate of drug-likeness (QED) is 0.339. The largest absolute Gasteiger partial charge is 0.300 e. The van der Waals surface area contributed by atoms with Crippen LogP contribution >= 0.6 is 39.3 Å². The monoisotopic (exact) mass is 459 g/mol. The number of halogens is 2. The molecule has 0 aliphatic heterocycles. The minimum Gasteiger partial charge on any atom is -0.300 e. The Bertz CT molecular complexity index is 1090. The van der Waals surface area contributed by atoms with E-state index in [0.717, 1.165) is 16.2 Å². The fourth-order valence-electron chi connectivity index (χ4n) is 2.29. The number of aromatic amines is 1. The number of thioether (sulfide) groups is 1. The van der Waals surface area contributed by atoms with Gasteiger partial charge < -0.3 is 4.98 Å². The summed E-state index contributed by atoms with van der Waals surface area (Å²) in [7, 11) is 0. The summed E-state index contributed by atoms with van der Waals surface area (Å²) < 4.78 is 0.886. The summed E-state index contributed by atoms with van der Waals surface area (Å²) in [5.41, 5.74) is 0.802. The summed E-state index contributed by atoms with van der Waals surface area (Å²) in [5, 5.41) is 10.1. The first-order valence-electron chi connectivity index (χ1n) is 7.70. The molecule has 3 rings (SSSR count). The Morgan fingerprint density at radius 1 is 1.19 bits per heavy atom. The molecule has 27 heavy (non-hydrogen) atoms. The molecule has 0 fully saturated rings. The van der Waals surface area contributed by atoms with Gasteiger partial charge in [0.25, 0.3) is 5.56 Å². The molecule has 1 N–H and O–H groups in total. The maximum absolute atomic E-state index is 12.3. The second kappa shape index (κ2) is 8.53. The first-order valence-corrected chi connectivity index (χ1v) is 9.85. The van der Waals surface area contributed by atoms with Gasteiger partial charge in [-0.15, -0.1) is 0 Å². The van der Waals surface area contributed by atoms with E-state index in [2.05, 4.69) is 25.9 Å². The Kier molecular flexibility index (Phi) is 6.11. The molecular formula is C19H11BrClN3O2S. The number of hydrogen-bond donors (Lipinski definition) is 1. The van der Waals surface area contributed by atoms with Gasteiger partial charge in [-0.2, -0.15) is 5.26 Å². The summed E-state index contributed by atoms with van der Waals surface area (Å²) in [5.74, 6) is 0.0174. The first-order chi connectivity index (χ1) is 13.0. The van der Waals surface area contributed by atoms with Crippen LogP contribution in [0.5, 0.6) is 0 Å². The average molecular weight is 461 g/mol. The maximum Gasteiger partial charge on any atom is 0.270 e. The van der Waals surface area contributed by atoms with Crippen molar-refractivity contribution in [1.82, 2.24) is 9.97 Å². The molecule has 0 bridgehead atoms. The molecule has 0 amide bonds. The van der Waals surface area contributed by atoms with Crippen LogP contribution in [-0.4, -0.2) is 21.5 Å². The lowest BCUT2D eigenvalue weighted by Crippen LogP contribution is -2.15. The van der Waals surface area contributed by atoms with E-state index in [0.29, 0.717) is 16.1 Å². The number of carbonyl (C=O) groups is 1. The summed E-state index contributed by atoms with van der Waals surface area (Å²) in [6, 6.07) is 15.6. The number of nitrogens with one attached hydrogen (secondary N) is 1. The zero-order valence-electron chi connectivity index (χ0n) is 13.7. The van der Waals surface area contributed by atoms with Gasteiger partial charge in [0.15, 0.2) is 10.9 Å². The van der Waals surface area contributed by atoms with Gasteiger partial charge >= 0.3 is 0 Å². The highest BCUT2D eigenvalue weighted by Gasteiger charge is 2.15. The highest BCUT2D eigenvalue weighted by molar-refractivity contribution is 9.10.